The van der Waals surface area contributed by atoms with Gasteiger partial charge in [0.25, 0.3) is 5.91 Å². The Labute approximate surface area is 223 Å². The molecule has 0 atom stereocenters. The van der Waals surface area contributed by atoms with E-state index in [9.17, 15) is 9.59 Å². The lowest BCUT2D eigenvalue weighted by molar-refractivity contribution is -0.115. The third-order valence-corrected chi connectivity index (χ3v) is 8.26. The lowest BCUT2D eigenvalue weighted by Crippen LogP contribution is -2.29. The Hall–Kier alpha value is -4.00. The largest absolute Gasteiger partial charge is 0.322 e. The highest BCUT2D eigenvalue weighted by atomic mass is 32.2. The second kappa shape index (κ2) is 10.2. The SMILES string of the molecule is O=C(Nc1cccc(SCC(=O)N2c3ccccc3Sc3ccccc32)c1)c1ccc2ccccc2c1. The number of carbonyl (C=O) groups excluding carboxylic acids is 2. The smallest absolute Gasteiger partial charge is 0.255 e. The summed E-state index contributed by atoms with van der Waals surface area (Å²) in [5.74, 6) is 0.119. The monoisotopic (exact) mass is 518 g/mol. The Bertz CT molecular complexity index is 1600. The molecular weight excluding hydrogens is 496 g/mol. The van der Waals surface area contributed by atoms with Crippen LogP contribution >= 0.6 is 23.5 Å². The maximum atomic E-state index is 13.5. The van der Waals surface area contributed by atoms with Crippen molar-refractivity contribution in [2.45, 2.75) is 14.7 Å². The number of hydrogen-bond acceptors (Lipinski definition) is 4. The van der Waals surface area contributed by atoms with Crippen molar-refractivity contribution in [1.29, 1.82) is 0 Å². The number of nitrogens with one attached hydrogen (secondary N) is 1. The molecule has 6 heteroatoms. The molecular formula is C31H22N2O2S2. The van der Waals surface area contributed by atoms with Crippen LogP contribution in [-0.2, 0) is 4.79 Å². The van der Waals surface area contributed by atoms with Gasteiger partial charge in [-0.1, -0.05) is 72.4 Å². The average molecular weight is 519 g/mol. The highest BCUT2D eigenvalue weighted by molar-refractivity contribution is 8.00. The molecule has 0 unspecified atom stereocenters. The Kier molecular flexibility index (Phi) is 6.43. The quantitative estimate of drug-likeness (QED) is 0.239. The van der Waals surface area contributed by atoms with Gasteiger partial charge in [-0.15, -0.1) is 11.8 Å². The van der Waals surface area contributed by atoms with Gasteiger partial charge in [-0.2, -0.15) is 0 Å². The average Bonchev–Trinajstić information content (AvgIpc) is 2.94. The standard InChI is InChI=1S/C31H22N2O2S2/c34-30(33-26-12-3-5-14-28(26)37-29-15-6-4-13-27(29)33)20-36-25-11-7-10-24(19-25)32-31(35)23-17-16-21-8-1-2-9-22(21)18-23/h1-19H,20H2,(H,32,35). The molecule has 1 heterocycles. The van der Waals surface area contributed by atoms with E-state index in [0.717, 1.165) is 36.8 Å². The molecule has 0 saturated heterocycles. The topological polar surface area (TPSA) is 49.4 Å². The number of hydrogen-bond donors (Lipinski definition) is 1. The number of para-hydroxylation sites is 2. The first-order valence-corrected chi connectivity index (χ1v) is 13.7. The van der Waals surface area contributed by atoms with Crippen LogP contribution in [0.25, 0.3) is 10.8 Å². The summed E-state index contributed by atoms with van der Waals surface area (Å²) in [6.07, 6.45) is 0. The molecule has 1 aliphatic heterocycles. The molecule has 5 aromatic rings. The zero-order valence-electron chi connectivity index (χ0n) is 19.8. The molecule has 5 aromatic carbocycles. The van der Waals surface area contributed by atoms with Crippen LogP contribution in [0.4, 0.5) is 17.1 Å². The van der Waals surface area contributed by atoms with Crippen molar-refractivity contribution in [3.63, 3.8) is 0 Å². The van der Waals surface area contributed by atoms with E-state index in [1.54, 1.807) is 11.8 Å². The zero-order valence-corrected chi connectivity index (χ0v) is 21.4. The Morgan fingerprint density at radius 1 is 0.703 bits per heavy atom. The second-order valence-electron chi connectivity index (χ2n) is 8.60. The fraction of sp³-hybridized carbons (Fsp3) is 0.0323. The van der Waals surface area contributed by atoms with Gasteiger partial charge in [0.1, 0.15) is 0 Å². The Balaban J connectivity index is 1.17. The van der Waals surface area contributed by atoms with Gasteiger partial charge in [0.15, 0.2) is 0 Å². The van der Waals surface area contributed by atoms with Gasteiger partial charge in [0, 0.05) is 25.9 Å². The summed E-state index contributed by atoms with van der Waals surface area (Å²) in [6, 6.07) is 37.3. The second-order valence-corrected chi connectivity index (χ2v) is 10.7. The van der Waals surface area contributed by atoms with E-state index in [-0.39, 0.29) is 17.6 Å². The first-order chi connectivity index (χ1) is 18.2. The van der Waals surface area contributed by atoms with E-state index in [1.165, 1.54) is 11.8 Å². The number of fused-ring (bicyclic) bond motifs is 3. The lowest BCUT2D eigenvalue weighted by atomic mass is 10.1. The molecule has 6 rings (SSSR count). The zero-order chi connectivity index (χ0) is 25.2. The van der Waals surface area contributed by atoms with Crippen molar-refractivity contribution in [1.82, 2.24) is 0 Å². The maximum Gasteiger partial charge on any atom is 0.255 e. The number of rotatable bonds is 5. The number of amides is 2. The molecule has 0 radical (unpaired) electrons. The molecule has 2 amide bonds. The molecule has 0 fully saturated rings. The van der Waals surface area contributed by atoms with Crippen LogP contribution < -0.4 is 10.2 Å². The van der Waals surface area contributed by atoms with Crippen molar-refractivity contribution in [3.8, 4) is 0 Å². The number of benzene rings is 5. The van der Waals surface area contributed by atoms with Gasteiger partial charge in [-0.25, -0.2) is 0 Å². The van der Waals surface area contributed by atoms with Gasteiger partial charge in [0.2, 0.25) is 5.91 Å². The fourth-order valence-corrected chi connectivity index (χ4v) is 6.24. The molecule has 180 valence electrons. The number of anilines is 3. The van der Waals surface area contributed by atoms with Crippen LogP contribution in [-0.4, -0.2) is 17.6 Å². The molecule has 0 aliphatic carbocycles. The first-order valence-electron chi connectivity index (χ1n) is 11.9. The molecule has 1 N–H and O–H groups in total. The van der Waals surface area contributed by atoms with Gasteiger partial charge < -0.3 is 5.32 Å². The van der Waals surface area contributed by atoms with Crippen LogP contribution in [0.3, 0.4) is 0 Å². The molecule has 0 spiro atoms. The number of thioether (sulfide) groups is 1. The summed E-state index contributed by atoms with van der Waals surface area (Å²) in [7, 11) is 0. The number of nitrogens with zero attached hydrogens (tertiary/aromatic N) is 1. The first kappa shape index (κ1) is 23.4. The molecule has 4 nitrogen and oxygen atoms in total. The molecule has 1 aliphatic rings. The van der Waals surface area contributed by atoms with Crippen LogP contribution in [0.2, 0.25) is 0 Å². The van der Waals surface area contributed by atoms with Crippen LogP contribution in [0.5, 0.6) is 0 Å². The van der Waals surface area contributed by atoms with Crippen LogP contribution in [0.15, 0.2) is 130 Å². The van der Waals surface area contributed by atoms with E-state index in [0.29, 0.717) is 11.3 Å². The maximum absolute atomic E-state index is 13.5. The van der Waals surface area contributed by atoms with E-state index in [4.69, 9.17) is 0 Å². The van der Waals surface area contributed by atoms with Crippen molar-refractivity contribution in [2.24, 2.45) is 0 Å². The third-order valence-electron chi connectivity index (χ3n) is 6.15. The molecule has 0 aromatic heterocycles. The van der Waals surface area contributed by atoms with Crippen molar-refractivity contribution in [2.75, 3.05) is 16.0 Å². The van der Waals surface area contributed by atoms with Gasteiger partial charge in [-0.05, 0) is 65.4 Å². The Morgan fingerprint density at radius 2 is 1.38 bits per heavy atom. The van der Waals surface area contributed by atoms with Crippen molar-refractivity contribution < 1.29 is 9.59 Å². The molecule has 0 saturated carbocycles. The van der Waals surface area contributed by atoms with Gasteiger partial charge in [-0.3, -0.25) is 14.5 Å². The minimum absolute atomic E-state index is 0.0100. The predicted octanol–water partition coefficient (Wildman–Crippen LogP) is 8.01. The van der Waals surface area contributed by atoms with Crippen molar-refractivity contribution >= 4 is 63.2 Å². The third kappa shape index (κ3) is 4.86. The molecule has 0 bridgehead atoms. The summed E-state index contributed by atoms with van der Waals surface area (Å²) in [5, 5.41) is 5.11. The minimum atomic E-state index is -0.164. The predicted molar refractivity (Wildman–Crippen MR) is 153 cm³/mol. The summed E-state index contributed by atoms with van der Waals surface area (Å²) in [6.45, 7) is 0. The lowest BCUT2D eigenvalue weighted by Gasteiger charge is -2.31. The van der Waals surface area contributed by atoms with E-state index in [1.807, 2.05) is 120 Å². The summed E-state index contributed by atoms with van der Waals surface area (Å²) in [5.41, 5.74) is 3.12. The molecule has 37 heavy (non-hydrogen) atoms. The normalized spacial score (nSPS) is 12.1. The summed E-state index contributed by atoms with van der Waals surface area (Å²) >= 11 is 3.14. The van der Waals surface area contributed by atoms with Crippen LogP contribution in [0.1, 0.15) is 10.4 Å². The van der Waals surface area contributed by atoms with E-state index in [2.05, 4.69) is 5.32 Å². The van der Waals surface area contributed by atoms with Gasteiger partial charge >= 0.3 is 0 Å². The Morgan fingerprint density at radius 3 is 2.14 bits per heavy atom. The van der Waals surface area contributed by atoms with E-state index < -0.39 is 0 Å². The highest BCUT2D eigenvalue weighted by Gasteiger charge is 2.27. The van der Waals surface area contributed by atoms with Crippen molar-refractivity contribution in [3.05, 3.63) is 121 Å². The highest BCUT2D eigenvalue weighted by Crippen LogP contribution is 2.48. The summed E-state index contributed by atoms with van der Waals surface area (Å²) in [4.78, 5) is 31.2. The fourth-order valence-electron chi connectivity index (χ4n) is 4.38. The van der Waals surface area contributed by atoms with Crippen LogP contribution in [0, 0.1) is 0 Å². The minimum Gasteiger partial charge on any atom is -0.322 e. The van der Waals surface area contributed by atoms with Gasteiger partial charge in [0.05, 0.1) is 17.1 Å². The number of carbonyl (C=O) groups is 2. The van der Waals surface area contributed by atoms with E-state index >= 15 is 0 Å². The summed E-state index contributed by atoms with van der Waals surface area (Å²) < 4.78 is 0.